The Kier molecular flexibility index (Phi) is 5.35. The average molecular weight is 424 g/mol. The molecule has 1 atom stereocenters. The van der Waals surface area contributed by atoms with Gasteiger partial charge in [-0.05, 0) is 56.6 Å². The molecule has 3 aromatic rings. The highest BCUT2D eigenvalue weighted by Gasteiger charge is 2.38. The molecule has 4 heterocycles. The summed E-state index contributed by atoms with van der Waals surface area (Å²) >= 11 is 0. The van der Waals surface area contributed by atoms with E-state index in [1.165, 1.54) is 5.06 Å². The summed E-state index contributed by atoms with van der Waals surface area (Å²) in [6.45, 7) is 2.33. The van der Waals surface area contributed by atoms with E-state index in [-0.39, 0.29) is 29.3 Å². The molecule has 8 nitrogen and oxygen atoms in total. The smallest absolute Gasteiger partial charge is 0.249 e. The molecule has 1 aliphatic heterocycles. The van der Waals surface area contributed by atoms with Gasteiger partial charge in [0, 0.05) is 30.9 Å². The molecule has 1 amide bonds. The Morgan fingerprint density at radius 1 is 1.19 bits per heavy atom. The molecule has 0 unspecified atom stereocenters. The molecule has 31 heavy (non-hydrogen) atoms. The first kappa shape index (κ1) is 20.0. The van der Waals surface area contributed by atoms with E-state index in [1.807, 2.05) is 13.1 Å². The number of nitrogens with zero attached hydrogens (tertiary/aromatic N) is 6. The van der Waals surface area contributed by atoms with Gasteiger partial charge in [0.25, 0.3) is 0 Å². The fourth-order valence-electron chi connectivity index (χ4n) is 4.79. The van der Waals surface area contributed by atoms with Crippen LogP contribution in [0.3, 0.4) is 0 Å². The molecule has 1 saturated heterocycles. The van der Waals surface area contributed by atoms with Crippen molar-refractivity contribution in [1.29, 1.82) is 0 Å². The summed E-state index contributed by atoms with van der Waals surface area (Å²) in [7, 11) is 0. The van der Waals surface area contributed by atoms with E-state index in [0.717, 1.165) is 49.8 Å². The van der Waals surface area contributed by atoms with E-state index in [2.05, 4.69) is 20.2 Å². The Morgan fingerprint density at radius 3 is 2.81 bits per heavy atom. The molecule has 0 N–H and O–H groups in total. The molecule has 162 valence electrons. The quantitative estimate of drug-likeness (QED) is 0.639. The topological polar surface area (TPSA) is 85.5 Å². The van der Waals surface area contributed by atoms with Crippen molar-refractivity contribution < 1.29 is 14.0 Å². The zero-order valence-electron chi connectivity index (χ0n) is 17.4. The summed E-state index contributed by atoms with van der Waals surface area (Å²) in [4.78, 5) is 27.3. The maximum Gasteiger partial charge on any atom is 0.249 e. The summed E-state index contributed by atoms with van der Waals surface area (Å²) in [6.07, 6.45) is 11.9. The second-order valence-electron chi connectivity index (χ2n) is 8.49. The number of hydroxylamine groups is 2. The number of carbonyl (C=O) groups is 1. The van der Waals surface area contributed by atoms with Crippen LogP contribution in [0.5, 0.6) is 0 Å². The van der Waals surface area contributed by atoms with Gasteiger partial charge in [-0.3, -0.25) is 24.0 Å². The molecule has 2 fully saturated rings. The van der Waals surface area contributed by atoms with Gasteiger partial charge < -0.3 is 0 Å². The van der Waals surface area contributed by atoms with Crippen LogP contribution in [0, 0.1) is 24.6 Å². The summed E-state index contributed by atoms with van der Waals surface area (Å²) in [5, 5.41) is 9.35. The van der Waals surface area contributed by atoms with E-state index in [0.29, 0.717) is 18.3 Å². The highest BCUT2D eigenvalue weighted by atomic mass is 19.1. The van der Waals surface area contributed by atoms with Gasteiger partial charge in [0.1, 0.15) is 11.9 Å². The van der Waals surface area contributed by atoms with E-state index in [4.69, 9.17) is 4.84 Å². The minimum absolute atomic E-state index is 0.0409. The van der Waals surface area contributed by atoms with Gasteiger partial charge in [-0.15, -0.1) is 10.2 Å². The molecular weight excluding hydrogens is 399 g/mol. The maximum absolute atomic E-state index is 14.3. The lowest BCUT2D eigenvalue weighted by Gasteiger charge is -2.31. The molecule has 0 bridgehead atoms. The van der Waals surface area contributed by atoms with Crippen LogP contribution in [0.25, 0.3) is 5.65 Å². The van der Waals surface area contributed by atoms with Gasteiger partial charge in [0.05, 0.1) is 18.5 Å². The predicted octanol–water partition coefficient (Wildman–Crippen LogP) is 3.22. The molecular formula is C22H25FN6O2. The minimum atomic E-state index is -0.344. The van der Waals surface area contributed by atoms with Crippen LogP contribution in [0.1, 0.15) is 55.2 Å². The van der Waals surface area contributed by atoms with E-state index in [9.17, 15) is 9.18 Å². The zero-order valence-corrected chi connectivity index (χ0v) is 17.4. The Balaban J connectivity index is 1.21. The number of aromatic nitrogens is 5. The molecule has 0 aromatic carbocycles. The molecule has 9 heteroatoms. The molecule has 0 spiro atoms. The largest absolute Gasteiger partial charge is 0.284 e. The van der Waals surface area contributed by atoms with Gasteiger partial charge in [0.2, 0.25) is 5.91 Å². The van der Waals surface area contributed by atoms with Crippen molar-refractivity contribution in [2.45, 2.75) is 51.5 Å². The number of hydrogen-bond acceptors (Lipinski definition) is 6. The first-order chi connectivity index (χ1) is 15.1. The van der Waals surface area contributed by atoms with Gasteiger partial charge in [0.15, 0.2) is 11.5 Å². The fourth-order valence-corrected chi connectivity index (χ4v) is 4.79. The summed E-state index contributed by atoms with van der Waals surface area (Å²) in [6, 6.07) is 1.39. The second kappa shape index (κ2) is 8.30. The Labute approximate surface area is 179 Å². The van der Waals surface area contributed by atoms with Crippen molar-refractivity contribution in [2.75, 3.05) is 6.61 Å². The number of rotatable bonds is 4. The van der Waals surface area contributed by atoms with Crippen molar-refractivity contribution in [3.63, 3.8) is 0 Å². The standard InChI is InChI=1S/C22H25FN6O2/c1-14-26-27-21-18(23)11-16(13-28(14)21)10-15-2-4-17(5-3-15)22(30)29-20(6-9-31-29)19-12-24-7-8-25-19/h7-8,11-13,15,17,20H,2-6,9-10H2,1H3/t15-,17-,20-/m0/s1. The van der Waals surface area contributed by atoms with Crippen molar-refractivity contribution >= 4 is 11.6 Å². The number of fused-ring (bicyclic) bond motifs is 1. The normalized spacial score (nSPS) is 24.1. The Morgan fingerprint density at radius 2 is 2.03 bits per heavy atom. The monoisotopic (exact) mass is 424 g/mol. The third-order valence-electron chi connectivity index (χ3n) is 6.45. The van der Waals surface area contributed by atoms with Crippen molar-refractivity contribution in [3.8, 4) is 0 Å². The molecule has 1 saturated carbocycles. The van der Waals surface area contributed by atoms with Crippen LogP contribution >= 0.6 is 0 Å². The fraction of sp³-hybridized carbons (Fsp3) is 0.500. The van der Waals surface area contributed by atoms with Gasteiger partial charge >= 0.3 is 0 Å². The van der Waals surface area contributed by atoms with Crippen LogP contribution in [-0.2, 0) is 16.1 Å². The molecule has 2 aliphatic rings. The molecule has 1 aliphatic carbocycles. The first-order valence-electron chi connectivity index (χ1n) is 10.8. The number of amides is 1. The Bertz CT molecular complexity index is 1080. The number of hydrogen-bond donors (Lipinski definition) is 0. The first-order valence-corrected chi connectivity index (χ1v) is 10.8. The highest BCUT2D eigenvalue weighted by molar-refractivity contribution is 5.78. The van der Waals surface area contributed by atoms with E-state index >= 15 is 0 Å². The van der Waals surface area contributed by atoms with Crippen molar-refractivity contribution in [2.24, 2.45) is 11.8 Å². The third kappa shape index (κ3) is 3.89. The number of carbonyl (C=O) groups excluding carboxylic acids is 1. The minimum Gasteiger partial charge on any atom is -0.284 e. The number of pyridine rings is 1. The highest BCUT2D eigenvalue weighted by Crippen LogP contribution is 2.36. The van der Waals surface area contributed by atoms with Crippen LogP contribution in [0.4, 0.5) is 4.39 Å². The lowest BCUT2D eigenvalue weighted by atomic mass is 9.79. The summed E-state index contributed by atoms with van der Waals surface area (Å²) in [5.41, 5.74) is 1.97. The Hall–Kier alpha value is -2.94. The second-order valence-corrected chi connectivity index (χ2v) is 8.49. The summed E-state index contributed by atoms with van der Waals surface area (Å²) in [5.74, 6) is 0.747. The van der Waals surface area contributed by atoms with Crippen LogP contribution in [0.15, 0.2) is 30.9 Å². The molecule has 5 rings (SSSR count). The molecule has 0 radical (unpaired) electrons. The SMILES string of the molecule is Cc1nnc2c(F)cc(C[C@H]3CC[C@H](C(=O)N4OCC[C@H]4c4cnccn4)CC3)cn12. The van der Waals surface area contributed by atoms with E-state index in [1.54, 1.807) is 29.1 Å². The van der Waals surface area contributed by atoms with Crippen molar-refractivity contribution in [1.82, 2.24) is 29.6 Å². The maximum atomic E-state index is 14.3. The average Bonchev–Trinajstić information content (AvgIpc) is 3.42. The third-order valence-corrected chi connectivity index (χ3v) is 6.45. The van der Waals surface area contributed by atoms with Crippen LogP contribution in [0.2, 0.25) is 0 Å². The van der Waals surface area contributed by atoms with Crippen molar-refractivity contribution in [3.05, 3.63) is 53.8 Å². The van der Waals surface area contributed by atoms with Gasteiger partial charge in [-0.1, -0.05) is 0 Å². The van der Waals surface area contributed by atoms with Crippen LogP contribution < -0.4 is 0 Å². The lowest BCUT2D eigenvalue weighted by molar-refractivity contribution is -0.183. The van der Waals surface area contributed by atoms with Crippen LogP contribution in [-0.4, -0.2) is 42.1 Å². The lowest BCUT2D eigenvalue weighted by Crippen LogP contribution is -2.37. The van der Waals surface area contributed by atoms with Gasteiger partial charge in [-0.25, -0.2) is 9.45 Å². The number of halogens is 1. The summed E-state index contributed by atoms with van der Waals surface area (Å²) < 4.78 is 16.0. The van der Waals surface area contributed by atoms with Gasteiger partial charge in [-0.2, -0.15) is 0 Å². The number of aryl methyl sites for hydroxylation is 1. The van der Waals surface area contributed by atoms with E-state index < -0.39 is 0 Å². The zero-order chi connectivity index (χ0) is 21.4. The predicted molar refractivity (Wildman–Crippen MR) is 109 cm³/mol. The molecule has 3 aromatic heterocycles.